The SMILES string of the molecule is CC(C)C(F)(F)c1ccc(C2CC(N)C2)cc1. The van der Waals surface area contributed by atoms with Crippen molar-refractivity contribution in [2.75, 3.05) is 0 Å². The summed E-state index contributed by atoms with van der Waals surface area (Å²) >= 11 is 0. The Balaban J connectivity index is 2.13. The van der Waals surface area contributed by atoms with Crippen LogP contribution in [0.4, 0.5) is 8.78 Å². The molecule has 3 heteroatoms. The van der Waals surface area contributed by atoms with Crippen LogP contribution in [0.2, 0.25) is 0 Å². The number of rotatable bonds is 3. The van der Waals surface area contributed by atoms with Gasteiger partial charge in [0.05, 0.1) is 0 Å². The highest BCUT2D eigenvalue weighted by Crippen LogP contribution is 2.39. The molecular formula is C14H19F2N. The van der Waals surface area contributed by atoms with Crippen molar-refractivity contribution in [2.45, 2.75) is 44.6 Å². The highest BCUT2D eigenvalue weighted by atomic mass is 19.3. The molecule has 2 rings (SSSR count). The van der Waals surface area contributed by atoms with Gasteiger partial charge in [-0.2, -0.15) is 0 Å². The fraction of sp³-hybridized carbons (Fsp3) is 0.571. The van der Waals surface area contributed by atoms with E-state index < -0.39 is 11.8 Å². The fourth-order valence-electron chi connectivity index (χ4n) is 2.24. The van der Waals surface area contributed by atoms with Gasteiger partial charge in [0, 0.05) is 17.5 Å². The van der Waals surface area contributed by atoms with Crippen LogP contribution in [-0.4, -0.2) is 6.04 Å². The Hall–Kier alpha value is -0.960. The normalized spacial score (nSPS) is 24.8. The number of nitrogens with two attached hydrogens (primary N) is 1. The molecule has 0 unspecified atom stereocenters. The summed E-state index contributed by atoms with van der Waals surface area (Å²) in [5, 5.41) is 0. The molecule has 17 heavy (non-hydrogen) atoms. The van der Waals surface area contributed by atoms with Gasteiger partial charge in [0.1, 0.15) is 0 Å². The highest BCUT2D eigenvalue weighted by molar-refractivity contribution is 5.30. The summed E-state index contributed by atoms with van der Waals surface area (Å²) in [4.78, 5) is 0. The van der Waals surface area contributed by atoms with E-state index >= 15 is 0 Å². The van der Waals surface area contributed by atoms with Crippen molar-refractivity contribution < 1.29 is 8.78 Å². The molecule has 0 aromatic heterocycles. The number of halogens is 2. The predicted molar refractivity (Wildman–Crippen MR) is 65.1 cm³/mol. The molecule has 0 atom stereocenters. The fourth-order valence-corrected chi connectivity index (χ4v) is 2.24. The molecule has 0 aliphatic heterocycles. The van der Waals surface area contributed by atoms with Crippen molar-refractivity contribution in [1.82, 2.24) is 0 Å². The maximum absolute atomic E-state index is 13.7. The van der Waals surface area contributed by atoms with Crippen LogP contribution in [0.15, 0.2) is 24.3 Å². The van der Waals surface area contributed by atoms with Crippen LogP contribution >= 0.6 is 0 Å². The van der Waals surface area contributed by atoms with Gasteiger partial charge in [-0.05, 0) is 24.3 Å². The van der Waals surface area contributed by atoms with Gasteiger partial charge in [0.15, 0.2) is 0 Å². The summed E-state index contributed by atoms with van der Waals surface area (Å²) in [6, 6.07) is 7.04. The summed E-state index contributed by atoms with van der Waals surface area (Å²) in [7, 11) is 0. The first kappa shape index (κ1) is 12.5. The first-order valence-electron chi connectivity index (χ1n) is 6.15. The lowest BCUT2D eigenvalue weighted by Crippen LogP contribution is -2.34. The maximum Gasteiger partial charge on any atom is 0.275 e. The van der Waals surface area contributed by atoms with Gasteiger partial charge < -0.3 is 5.73 Å². The Kier molecular flexibility index (Phi) is 3.21. The van der Waals surface area contributed by atoms with Crippen LogP contribution in [0.25, 0.3) is 0 Å². The van der Waals surface area contributed by atoms with Gasteiger partial charge in [-0.15, -0.1) is 0 Å². The Morgan fingerprint density at radius 3 is 2.12 bits per heavy atom. The zero-order chi connectivity index (χ0) is 12.6. The van der Waals surface area contributed by atoms with Crippen molar-refractivity contribution in [3.63, 3.8) is 0 Å². The molecule has 0 bridgehead atoms. The monoisotopic (exact) mass is 239 g/mol. The van der Waals surface area contributed by atoms with Crippen molar-refractivity contribution in [2.24, 2.45) is 11.7 Å². The number of benzene rings is 1. The molecule has 1 saturated carbocycles. The number of hydrogen-bond acceptors (Lipinski definition) is 1. The molecule has 1 aromatic carbocycles. The average molecular weight is 239 g/mol. The lowest BCUT2D eigenvalue weighted by molar-refractivity contribution is -0.0514. The first-order chi connectivity index (χ1) is 7.91. The van der Waals surface area contributed by atoms with Gasteiger partial charge in [-0.25, -0.2) is 8.78 Å². The molecule has 2 N–H and O–H groups in total. The van der Waals surface area contributed by atoms with Gasteiger partial charge in [0.25, 0.3) is 5.92 Å². The Morgan fingerprint density at radius 1 is 1.18 bits per heavy atom. The molecular weight excluding hydrogens is 220 g/mol. The second kappa shape index (κ2) is 4.37. The van der Waals surface area contributed by atoms with Crippen LogP contribution in [0.3, 0.4) is 0 Å². The van der Waals surface area contributed by atoms with E-state index in [0.29, 0.717) is 5.92 Å². The van der Waals surface area contributed by atoms with E-state index in [9.17, 15) is 8.78 Å². The van der Waals surface area contributed by atoms with E-state index in [1.165, 1.54) is 0 Å². The lowest BCUT2D eigenvalue weighted by atomic mass is 9.76. The van der Waals surface area contributed by atoms with Gasteiger partial charge in [0.2, 0.25) is 0 Å². The van der Waals surface area contributed by atoms with Crippen molar-refractivity contribution in [1.29, 1.82) is 0 Å². The topological polar surface area (TPSA) is 26.0 Å². The van der Waals surface area contributed by atoms with Crippen molar-refractivity contribution in [3.05, 3.63) is 35.4 Å². The van der Waals surface area contributed by atoms with E-state index in [2.05, 4.69) is 0 Å². The molecule has 1 aliphatic rings. The second-order valence-electron chi connectivity index (χ2n) is 5.33. The largest absolute Gasteiger partial charge is 0.328 e. The van der Waals surface area contributed by atoms with Crippen LogP contribution < -0.4 is 5.73 Å². The minimum absolute atomic E-state index is 0.111. The van der Waals surface area contributed by atoms with Gasteiger partial charge >= 0.3 is 0 Å². The minimum atomic E-state index is -2.74. The average Bonchev–Trinajstić information content (AvgIpc) is 2.25. The van der Waals surface area contributed by atoms with Crippen LogP contribution in [0, 0.1) is 5.92 Å². The molecule has 0 amide bonds. The van der Waals surface area contributed by atoms with Crippen LogP contribution in [0.1, 0.15) is 43.7 Å². The van der Waals surface area contributed by atoms with Crippen LogP contribution in [0.5, 0.6) is 0 Å². The summed E-state index contributed by atoms with van der Waals surface area (Å²) in [6.07, 6.45) is 1.94. The molecule has 1 nitrogen and oxygen atoms in total. The molecule has 1 aliphatic carbocycles. The third kappa shape index (κ3) is 2.34. The zero-order valence-electron chi connectivity index (χ0n) is 10.3. The van der Waals surface area contributed by atoms with E-state index in [-0.39, 0.29) is 11.6 Å². The van der Waals surface area contributed by atoms with E-state index in [1.807, 2.05) is 12.1 Å². The standard InChI is InChI=1S/C14H19F2N/c1-9(2)14(15,16)12-5-3-10(4-6-12)11-7-13(17)8-11/h3-6,9,11,13H,7-8,17H2,1-2H3. The minimum Gasteiger partial charge on any atom is -0.328 e. The quantitative estimate of drug-likeness (QED) is 0.856. The molecule has 94 valence electrons. The lowest BCUT2D eigenvalue weighted by Gasteiger charge is -2.33. The molecule has 0 spiro atoms. The Bertz CT molecular complexity index is 378. The predicted octanol–water partition coefficient (Wildman–Crippen LogP) is 3.64. The first-order valence-corrected chi connectivity index (χ1v) is 6.15. The number of hydrogen-bond donors (Lipinski definition) is 1. The molecule has 0 saturated heterocycles. The van der Waals surface area contributed by atoms with Crippen LogP contribution in [-0.2, 0) is 5.92 Å². The van der Waals surface area contributed by atoms with Crippen molar-refractivity contribution in [3.8, 4) is 0 Å². The van der Waals surface area contributed by atoms with Crippen molar-refractivity contribution >= 4 is 0 Å². The van der Waals surface area contributed by atoms with Gasteiger partial charge in [-0.3, -0.25) is 0 Å². The highest BCUT2D eigenvalue weighted by Gasteiger charge is 2.35. The summed E-state index contributed by atoms with van der Waals surface area (Å²) in [5.41, 5.74) is 6.97. The zero-order valence-corrected chi connectivity index (χ0v) is 10.3. The smallest absolute Gasteiger partial charge is 0.275 e. The second-order valence-corrected chi connectivity index (χ2v) is 5.33. The van der Waals surface area contributed by atoms with E-state index in [1.54, 1.807) is 26.0 Å². The van der Waals surface area contributed by atoms with Gasteiger partial charge in [-0.1, -0.05) is 38.1 Å². The molecule has 0 heterocycles. The Labute approximate surface area is 101 Å². The third-order valence-electron chi connectivity index (χ3n) is 3.67. The molecule has 0 radical (unpaired) electrons. The van der Waals surface area contributed by atoms with E-state index in [0.717, 1.165) is 18.4 Å². The summed E-state index contributed by atoms with van der Waals surface area (Å²) in [6.45, 7) is 3.08. The molecule has 1 fully saturated rings. The Morgan fingerprint density at radius 2 is 1.71 bits per heavy atom. The third-order valence-corrected chi connectivity index (χ3v) is 3.67. The maximum atomic E-state index is 13.7. The number of alkyl halides is 2. The summed E-state index contributed by atoms with van der Waals surface area (Å²) < 4.78 is 27.5. The van der Waals surface area contributed by atoms with E-state index in [4.69, 9.17) is 5.73 Å². The summed E-state index contributed by atoms with van der Waals surface area (Å²) in [5.74, 6) is -2.95. The molecule has 1 aromatic rings.